The van der Waals surface area contributed by atoms with Crippen molar-refractivity contribution >= 4 is 22.7 Å². The third-order valence-electron chi connectivity index (χ3n) is 4.00. The summed E-state index contributed by atoms with van der Waals surface area (Å²) in [7, 11) is 1.62. The van der Waals surface area contributed by atoms with E-state index in [-0.39, 0.29) is 6.23 Å². The number of benzene rings is 1. The lowest BCUT2D eigenvalue weighted by Crippen LogP contribution is -2.27. The third kappa shape index (κ3) is 3.87. The van der Waals surface area contributed by atoms with Gasteiger partial charge in [0.2, 0.25) is 0 Å². The normalized spacial score (nSPS) is 18.2. The van der Waals surface area contributed by atoms with E-state index in [0.717, 1.165) is 36.8 Å². The van der Waals surface area contributed by atoms with Crippen LogP contribution in [0.15, 0.2) is 18.3 Å². The van der Waals surface area contributed by atoms with E-state index >= 15 is 0 Å². The molecule has 2 aromatic rings. The van der Waals surface area contributed by atoms with E-state index < -0.39 is 11.7 Å². The maximum absolute atomic E-state index is 12.1. The molecule has 1 aromatic carbocycles. The fourth-order valence-corrected chi connectivity index (χ4v) is 2.95. The van der Waals surface area contributed by atoms with Crippen LogP contribution in [-0.2, 0) is 9.47 Å². The summed E-state index contributed by atoms with van der Waals surface area (Å²) in [6.07, 6.45) is 4.19. The maximum atomic E-state index is 12.1. The molecule has 0 saturated carbocycles. The van der Waals surface area contributed by atoms with E-state index in [2.05, 4.69) is 10.4 Å². The molecule has 3 rings (SSSR count). The Kier molecular flexibility index (Phi) is 4.85. The van der Waals surface area contributed by atoms with Crippen molar-refractivity contribution in [3.05, 3.63) is 18.3 Å². The van der Waals surface area contributed by atoms with Crippen LogP contribution in [0.5, 0.6) is 5.75 Å². The lowest BCUT2D eigenvalue weighted by atomic mass is 10.1. The van der Waals surface area contributed by atoms with Gasteiger partial charge in [-0.1, -0.05) is 0 Å². The molecular formula is C18H25N3O4. The van der Waals surface area contributed by atoms with E-state index in [1.807, 2.05) is 31.5 Å². The van der Waals surface area contributed by atoms with Gasteiger partial charge in [0.15, 0.2) is 6.23 Å². The molecule has 1 aromatic heterocycles. The van der Waals surface area contributed by atoms with Crippen LogP contribution in [-0.4, -0.2) is 35.2 Å². The first-order chi connectivity index (χ1) is 11.9. The Morgan fingerprint density at radius 1 is 1.36 bits per heavy atom. The van der Waals surface area contributed by atoms with E-state index in [0.29, 0.717) is 11.4 Å². The van der Waals surface area contributed by atoms with Gasteiger partial charge >= 0.3 is 6.09 Å². The van der Waals surface area contributed by atoms with Gasteiger partial charge in [0, 0.05) is 12.0 Å². The van der Waals surface area contributed by atoms with Crippen molar-refractivity contribution in [2.24, 2.45) is 0 Å². The standard InChI is InChI=1S/C18H25N3O4/c1-18(2,3)25-17(22)20-13-8-9-14(23-4)16-12(13)11-19-21(16)15-7-5-6-10-24-15/h8-9,11,15H,5-7,10H2,1-4H3,(H,20,22). The van der Waals surface area contributed by atoms with Crippen LogP contribution in [0.25, 0.3) is 10.9 Å². The highest BCUT2D eigenvalue weighted by Gasteiger charge is 2.23. The first kappa shape index (κ1) is 17.5. The number of fused-ring (bicyclic) bond motifs is 1. The number of hydrogen-bond acceptors (Lipinski definition) is 5. The molecule has 1 atom stereocenters. The number of carbonyl (C=O) groups excluding carboxylic acids is 1. The molecule has 1 fully saturated rings. The molecule has 1 unspecified atom stereocenters. The zero-order chi connectivity index (χ0) is 18.0. The molecule has 7 heteroatoms. The van der Waals surface area contributed by atoms with Gasteiger partial charge in [-0.3, -0.25) is 5.32 Å². The Balaban J connectivity index is 1.95. The highest BCUT2D eigenvalue weighted by molar-refractivity contribution is 6.01. The average Bonchev–Trinajstić information content (AvgIpc) is 3.00. The van der Waals surface area contributed by atoms with Gasteiger partial charge in [0.05, 0.1) is 19.0 Å². The predicted octanol–water partition coefficient (Wildman–Crippen LogP) is 4.09. The SMILES string of the molecule is COc1ccc(NC(=O)OC(C)(C)C)c2cnn(C3CCCCO3)c12. The summed E-state index contributed by atoms with van der Waals surface area (Å²) in [5.41, 5.74) is 0.880. The highest BCUT2D eigenvalue weighted by atomic mass is 16.6. The number of anilines is 1. The molecule has 25 heavy (non-hydrogen) atoms. The van der Waals surface area contributed by atoms with E-state index in [4.69, 9.17) is 14.2 Å². The first-order valence-electron chi connectivity index (χ1n) is 8.55. The third-order valence-corrected chi connectivity index (χ3v) is 4.00. The zero-order valence-electron chi connectivity index (χ0n) is 15.2. The predicted molar refractivity (Wildman–Crippen MR) is 95.0 cm³/mol. The van der Waals surface area contributed by atoms with Crippen molar-refractivity contribution in [3.63, 3.8) is 0 Å². The van der Waals surface area contributed by atoms with Gasteiger partial charge < -0.3 is 14.2 Å². The summed E-state index contributed by atoms with van der Waals surface area (Å²) in [5.74, 6) is 0.691. The van der Waals surface area contributed by atoms with Gasteiger partial charge in [-0.05, 0) is 52.2 Å². The second-order valence-corrected chi connectivity index (χ2v) is 7.11. The molecule has 0 spiro atoms. The van der Waals surface area contributed by atoms with Crippen LogP contribution < -0.4 is 10.1 Å². The van der Waals surface area contributed by atoms with Crippen LogP contribution in [0.1, 0.15) is 46.3 Å². The summed E-state index contributed by atoms with van der Waals surface area (Å²) < 4.78 is 18.5. The lowest BCUT2D eigenvalue weighted by Gasteiger charge is -2.24. The highest BCUT2D eigenvalue weighted by Crippen LogP contribution is 2.35. The molecule has 136 valence electrons. The molecule has 1 N–H and O–H groups in total. The van der Waals surface area contributed by atoms with Crippen LogP contribution in [0.2, 0.25) is 0 Å². The van der Waals surface area contributed by atoms with E-state index in [1.54, 1.807) is 19.4 Å². The number of carbonyl (C=O) groups is 1. The number of nitrogens with zero attached hydrogens (tertiary/aromatic N) is 2. The van der Waals surface area contributed by atoms with Crippen molar-refractivity contribution in [3.8, 4) is 5.75 Å². The Labute approximate surface area is 147 Å². The van der Waals surface area contributed by atoms with Gasteiger partial charge in [0.1, 0.15) is 16.9 Å². The largest absolute Gasteiger partial charge is 0.494 e. The minimum atomic E-state index is -0.560. The molecule has 0 aliphatic carbocycles. The number of hydrogen-bond donors (Lipinski definition) is 1. The van der Waals surface area contributed by atoms with Crippen molar-refractivity contribution in [1.82, 2.24) is 9.78 Å². The Hall–Kier alpha value is -2.28. The zero-order valence-corrected chi connectivity index (χ0v) is 15.2. The van der Waals surface area contributed by atoms with E-state index in [1.165, 1.54) is 0 Å². The summed E-state index contributed by atoms with van der Waals surface area (Å²) in [4.78, 5) is 12.1. The maximum Gasteiger partial charge on any atom is 0.412 e. The molecule has 7 nitrogen and oxygen atoms in total. The number of ether oxygens (including phenoxy) is 3. The molecule has 0 bridgehead atoms. The van der Waals surface area contributed by atoms with Gasteiger partial charge in [-0.15, -0.1) is 0 Å². The Morgan fingerprint density at radius 3 is 2.80 bits per heavy atom. The first-order valence-corrected chi connectivity index (χ1v) is 8.55. The molecule has 1 amide bonds. The van der Waals surface area contributed by atoms with Gasteiger partial charge in [-0.25, -0.2) is 9.48 Å². The number of methoxy groups -OCH3 is 1. The summed E-state index contributed by atoms with van der Waals surface area (Å²) in [6.45, 7) is 6.21. The fraction of sp³-hybridized carbons (Fsp3) is 0.556. The molecule has 2 heterocycles. The minimum Gasteiger partial charge on any atom is -0.494 e. The average molecular weight is 347 g/mol. The monoisotopic (exact) mass is 347 g/mol. The van der Waals surface area contributed by atoms with Gasteiger partial charge in [0.25, 0.3) is 0 Å². The number of aromatic nitrogens is 2. The van der Waals surface area contributed by atoms with Crippen LogP contribution in [0.4, 0.5) is 10.5 Å². The second kappa shape index (κ2) is 6.92. The lowest BCUT2D eigenvalue weighted by molar-refractivity contribution is -0.0368. The minimum absolute atomic E-state index is 0.114. The van der Waals surface area contributed by atoms with Crippen molar-refractivity contribution in [2.45, 2.75) is 51.9 Å². The van der Waals surface area contributed by atoms with Crippen molar-refractivity contribution in [1.29, 1.82) is 0 Å². The van der Waals surface area contributed by atoms with Crippen LogP contribution in [0, 0.1) is 0 Å². The molecule has 0 radical (unpaired) electrons. The van der Waals surface area contributed by atoms with Crippen LogP contribution in [0.3, 0.4) is 0 Å². The van der Waals surface area contributed by atoms with Crippen molar-refractivity contribution < 1.29 is 19.0 Å². The molecule has 1 aliphatic rings. The molecule has 1 saturated heterocycles. The Morgan fingerprint density at radius 2 is 2.16 bits per heavy atom. The summed E-state index contributed by atoms with van der Waals surface area (Å²) in [6, 6.07) is 3.61. The fourth-order valence-electron chi connectivity index (χ4n) is 2.95. The van der Waals surface area contributed by atoms with Crippen LogP contribution >= 0.6 is 0 Å². The summed E-state index contributed by atoms with van der Waals surface area (Å²) >= 11 is 0. The summed E-state index contributed by atoms with van der Waals surface area (Å²) in [5, 5.41) is 8.08. The van der Waals surface area contributed by atoms with Crippen molar-refractivity contribution in [2.75, 3.05) is 19.0 Å². The molecular weight excluding hydrogens is 322 g/mol. The molecule has 1 aliphatic heterocycles. The second-order valence-electron chi connectivity index (χ2n) is 7.11. The number of nitrogens with one attached hydrogen (secondary N) is 1. The quantitative estimate of drug-likeness (QED) is 0.905. The number of rotatable bonds is 3. The number of amides is 1. The van der Waals surface area contributed by atoms with E-state index in [9.17, 15) is 4.79 Å². The Bertz CT molecular complexity index is 758. The topological polar surface area (TPSA) is 74.6 Å². The van der Waals surface area contributed by atoms with Gasteiger partial charge in [-0.2, -0.15) is 5.10 Å². The smallest absolute Gasteiger partial charge is 0.412 e.